The van der Waals surface area contributed by atoms with Crippen molar-refractivity contribution in [1.82, 2.24) is 19.7 Å². The largest absolute Gasteiger partial charge is 0.397 e. The van der Waals surface area contributed by atoms with Gasteiger partial charge in [0.15, 0.2) is 5.78 Å². The minimum Gasteiger partial charge on any atom is -0.397 e. The topological polar surface area (TPSA) is 94.9 Å². The standard InChI is InChI=1S/C22H18ClN5O2/c1-27-11-12(24)10-17(27)22(30)25-8-9-28-16-7-3-5-14-19(16)20(26-28)13-4-2-6-15(23)18(13)21(14)29/h2-7,10-11H,8-9,24H2,1H3,(H,25,30). The first kappa shape index (κ1) is 18.4. The van der Waals surface area contributed by atoms with Crippen LogP contribution < -0.4 is 11.1 Å². The molecule has 0 fully saturated rings. The van der Waals surface area contributed by atoms with Crippen LogP contribution in [-0.2, 0) is 13.6 Å². The Morgan fingerprint density at radius 1 is 1.20 bits per heavy atom. The number of nitrogen functional groups attached to an aromatic ring is 1. The predicted octanol–water partition coefficient (Wildman–Crippen LogP) is 3.25. The van der Waals surface area contributed by atoms with Crippen LogP contribution in [0, 0.1) is 0 Å². The van der Waals surface area contributed by atoms with Crippen LogP contribution in [-0.4, -0.2) is 32.6 Å². The zero-order valence-corrected chi connectivity index (χ0v) is 16.9. The normalized spacial score (nSPS) is 12.3. The molecule has 0 unspecified atom stereocenters. The average molecular weight is 420 g/mol. The molecule has 4 aromatic rings. The minimum absolute atomic E-state index is 0.0946. The number of benzene rings is 2. The second kappa shape index (κ2) is 6.74. The van der Waals surface area contributed by atoms with Gasteiger partial charge in [-0.1, -0.05) is 35.9 Å². The van der Waals surface area contributed by atoms with Crippen molar-refractivity contribution in [3.63, 3.8) is 0 Å². The van der Waals surface area contributed by atoms with Gasteiger partial charge in [-0.15, -0.1) is 0 Å². The van der Waals surface area contributed by atoms with Crippen LogP contribution in [0.1, 0.15) is 26.4 Å². The van der Waals surface area contributed by atoms with Crippen molar-refractivity contribution in [2.24, 2.45) is 7.05 Å². The summed E-state index contributed by atoms with van der Waals surface area (Å²) in [5.41, 5.74) is 10.2. The van der Waals surface area contributed by atoms with E-state index in [0.717, 1.165) is 22.2 Å². The highest BCUT2D eigenvalue weighted by atomic mass is 35.5. The summed E-state index contributed by atoms with van der Waals surface area (Å²) in [5.74, 6) is -0.300. The molecule has 3 N–H and O–H groups in total. The Morgan fingerprint density at radius 2 is 1.97 bits per heavy atom. The van der Waals surface area contributed by atoms with E-state index in [1.54, 1.807) is 36.0 Å². The number of aryl methyl sites for hydroxylation is 1. The van der Waals surface area contributed by atoms with E-state index >= 15 is 0 Å². The zero-order chi connectivity index (χ0) is 21.0. The third kappa shape index (κ3) is 2.70. The fourth-order valence-corrected chi connectivity index (χ4v) is 4.31. The lowest BCUT2D eigenvalue weighted by atomic mass is 9.87. The van der Waals surface area contributed by atoms with Crippen LogP contribution >= 0.6 is 11.6 Å². The molecule has 5 rings (SSSR count). The van der Waals surface area contributed by atoms with Crippen molar-refractivity contribution in [3.8, 4) is 11.3 Å². The maximum Gasteiger partial charge on any atom is 0.268 e. The fraction of sp³-hybridized carbons (Fsp3) is 0.136. The number of hydrogen-bond acceptors (Lipinski definition) is 4. The van der Waals surface area contributed by atoms with E-state index in [9.17, 15) is 9.59 Å². The lowest BCUT2D eigenvalue weighted by Gasteiger charge is -2.15. The van der Waals surface area contributed by atoms with E-state index < -0.39 is 0 Å². The molecule has 7 nitrogen and oxygen atoms in total. The average Bonchev–Trinajstić information content (AvgIpc) is 3.26. The third-order valence-electron chi connectivity index (χ3n) is 5.39. The molecule has 2 heterocycles. The van der Waals surface area contributed by atoms with Gasteiger partial charge < -0.3 is 15.6 Å². The quantitative estimate of drug-likeness (QED) is 0.467. The number of halogens is 1. The molecule has 8 heteroatoms. The molecule has 0 saturated carbocycles. The van der Waals surface area contributed by atoms with Crippen LogP contribution in [0.4, 0.5) is 5.69 Å². The summed E-state index contributed by atoms with van der Waals surface area (Å²) in [6.45, 7) is 0.830. The van der Waals surface area contributed by atoms with E-state index in [0.29, 0.717) is 40.6 Å². The van der Waals surface area contributed by atoms with Gasteiger partial charge in [-0.2, -0.15) is 5.10 Å². The molecule has 0 radical (unpaired) electrons. The zero-order valence-electron chi connectivity index (χ0n) is 16.1. The molecule has 0 saturated heterocycles. The molecule has 1 aliphatic carbocycles. The number of nitrogens with one attached hydrogen (secondary N) is 1. The lowest BCUT2D eigenvalue weighted by Crippen LogP contribution is -2.28. The van der Waals surface area contributed by atoms with E-state index in [1.807, 2.05) is 28.9 Å². The molecule has 1 aliphatic rings. The highest BCUT2D eigenvalue weighted by Crippen LogP contribution is 2.41. The summed E-state index contributed by atoms with van der Waals surface area (Å²) < 4.78 is 3.50. The van der Waals surface area contributed by atoms with Gasteiger partial charge in [0, 0.05) is 36.3 Å². The number of hydrogen-bond donors (Lipinski definition) is 2. The lowest BCUT2D eigenvalue weighted by molar-refractivity contribution is 0.0943. The highest BCUT2D eigenvalue weighted by Gasteiger charge is 2.30. The second-order valence-electron chi connectivity index (χ2n) is 7.29. The van der Waals surface area contributed by atoms with Gasteiger partial charge in [-0.25, -0.2) is 0 Å². The van der Waals surface area contributed by atoms with Crippen LogP contribution in [0.2, 0.25) is 5.02 Å². The van der Waals surface area contributed by atoms with E-state index in [-0.39, 0.29) is 11.7 Å². The van der Waals surface area contributed by atoms with Gasteiger partial charge in [-0.3, -0.25) is 14.3 Å². The summed E-state index contributed by atoms with van der Waals surface area (Å²) in [4.78, 5) is 25.5. The van der Waals surface area contributed by atoms with Crippen molar-refractivity contribution < 1.29 is 9.59 Å². The minimum atomic E-state index is -0.205. The van der Waals surface area contributed by atoms with Crippen molar-refractivity contribution >= 4 is 39.9 Å². The van der Waals surface area contributed by atoms with Gasteiger partial charge in [0.2, 0.25) is 0 Å². The number of nitrogens with two attached hydrogens (primary N) is 1. The maximum atomic E-state index is 13.0. The molecule has 150 valence electrons. The molecule has 0 atom stereocenters. The number of aromatic nitrogens is 3. The predicted molar refractivity (Wildman–Crippen MR) is 116 cm³/mol. The monoisotopic (exact) mass is 419 g/mol. The Balaban J connectivity index is 1.48. The number of rotatable bonds is 4. The van der Waals surface area contributed by atoms with Gasteiger partial charge >= 0.3 is 0 Å². The number of anilines is 1. The number of carbonyl (C=O) groups excluding carboxylic acids is 2. The molecule has 0 spiro atoms. The molecular formula is C22H18ClN5O2. The summed E-state index contributed by atoms with van der Waals surface area (Å²) in [6, 6.07) is 12.6. The fourth-order valence-electron chi connectivity index (χ4n) is 4.05. The number of fused-ring (bicyclic) bond motifs is 2. The summed E-state index contributed by atoms with van der Waals surface area (Å²) >= 11 is 6.32. The van der Waals surface area contributed by atoms with Gasteiger partial charge in [0.25, 0.3) is 5.91 Å². The van der Waals surface area contributed by atoms with Crippen molar-refractivity contribution in [2.75, 3.05) is 12.3 Å². The molecule has 0 bridgehead atoms. The first-order chi connectivity index (χ1) is 14.5. The number of nitrogens with zero attached hydrogens (tertiary/aromatic N) is 3. The van der Waals surface area contributed by atoms with Crippen molar-refractivity contribution in [2.45, 2.75) is 6.54 Å². The highest BCUT2D eigenvalue weighted by molar-refractivity contribution is 6.38. The second-order valence-corrected chi connectivity index (χ2v) is 7.70. The van der Waals surface area contributed by atoms with Crippen molar-refractivity contribution in [3.05, 3.63) is 70.5 Å². The Labute approximate surface area is 177 Å². The maximum absolute atomic E-state index is 13.0. The number of carbonyl (C=O) groups is 2. The smallest absolute Gasteiger partial charge is 0.268 e. The molecule has 0 aliphatic heterocycles. The SMILES string of the molecule is Cn1cc(N)cc1C(=O)NCCn1nc2c3c(cccc31)C(=O)c1c(Cl)cccc1-2. The Hall–Kier alpha value is -3.58. The van der Waals surface area contributed by atoms with Gasteiger partial charge in [-0.05, 0) is 18.2 Å². The Bertz CT molecular complexity index is 1350. The molecule has 1 amide bonds. The summed E-state index contributed by atoms with van der Waals surface area (Å²) in [5, 5.41) is 8.89. The van der Waals surface area contributed by atoms with Crippen LogP contribution in [0.3, 0.4) is 0 Å². The number of amides is 1. The Kier molecular flexibility index (Phi) is 4.15. The molecule has 2 aromatic heterocycles. The summed E-state index contributed by atoms with van der Waals surface area (Å²) in [7, 11) is 1.77. The Morgan fingerprint density at radius 3 is 2.73 bits per heavy atom. The molecule has 2 aromatic carbocycles. The van der Waals surface area contributed by atoms with Crippen LogP contribution in [0.5, 0.6) is 0 Å². The summed E-state index contributed by atoms with van der Waals surface area (Å²) in [6.07, 6.45) is 1.69. The number of ketones is 1. The van der Waals surface area contributed by atoms with Crippen LogP contribution in [0.25, 0.3) is 22.2 Å². The third-order valence-corrected chi connectivity index (χ3v) is 5.70. The van der Waals surface area contributed by atoms with Gasteiger partial charge in [0.05, 0.1) is 28.3 Å². The first-order valence-electron chi connectivity index (χ1n) is 9.49. The van der Waals surface area contributed by atoms with E-state index in [1.165, 1.54) is 0 Å². The molecule has 30 heavy (non-hydrogen) atoms. The first-order valence-corrected chi connectivity index (χ1v) is 9.86. The van der Waals surface area contributed by atoms with Crippen molar-refractivity contribution in [1.29, 1.82) is 0 Å². The van der Waals surface area contributed by atoms with Gasteiger partial charge in [0.1, 0.15) is 11.4 Å². The molecular weight excluding hydrogens is 402 g/mol. The van der Waals surface area contributed by atoms with Crippen LogP contribution in [0.15, 0.2) is 48.7 Å². The van der Waals surface area contributed by atoms with E-state index in [4.69, 9.17) is 22.4 Å². The van der Waals surface area contributed by atoms with E-state index in [2.05, 4.69) is 5.32 Å².